The average molecular weight is 258 g/mol. The Labute approximate surface area is 112 Å². The van der Waals surface area contributed by atoms with Crippen molar-refractivity contribution in [3.8, 4) is 0 Å². The summed E-state index contributed by atoms with van der Waals surface area (Å²) in [6.07, 6.45) is 2.12. The fourth-order valence-electron chi connectivity index (χ4n) is 2.63. The molecule has 2 aromatic rings. The van der Waals surface area contributed by atoms with Crippen molar-refractivity contribution in [3.05, 3.63) is 52.2 Å². The summed E-state index contributed by atoms with van der Waals surface area (Å²) in [6, 6.07) is 13.2. The van der Waals surface area contributed by atoms with Crippen LogP contribution < -0.4 is 10.6 Å². The Hall–Kier alpha value is -1.32. The van der Waals surface area contributed by atoms with Crippen LogP contribution >= 0.6 is 11.3 Å². The van der Waals surface area contributed by atoms with Gasteiger partial charge in [-0.15, -0.1) is 11.3 Å². The lowest BCUT2D eigenvalue weighted by Crippen LogP contribution is -2.44. The van der Waals surface area contributed by atoms with Gasteiger partial charge in [0.15, 0.2) is 0 Å². The highest BCUT2D eigenvalue weighted by molar-refractivity contribution is 7.09. The zero-order chi connectivity index (χ0) is 12.4. The normalized spacial score (nSPS) is 18.7. The first-order valence-electron chi connectivity index (χ1n) is 6.44. The van der Waals surface area contributed by atoms with Crippen molar-refractivity contribution in [2.45, 2.75) is 18.9 Å². The largest absolute Gasteiger partial charge is 0.369 e. The smallest absolute Gasteiger partial charge is 0.0400 e. The van der Waals surface area contributed by atoms with Crippen LogP contribution in [-0.2, 0) is 12.8 Å². The van der Waals surface area contributed by atoms with E-state index in [0.29, 0.717) is 0 Å². The molecule has 0 saturated heterocycles. The van der Waals surface area contributed by atoms with Gasteiger partial charge in [0.2, 0.25) is 0 Å². The average Bonchev–Trinajstić information content (AvgIpc) is 2.89. The van der Waals surface area contributed by atoms with Crippen LogP contribution in [0.2, 0.25) is 0 Å². The van der Waals surface area contributed by atoms with Gasteiger partial charge in [0.1, 0.15) is 0 Å². The van der Waals surface area contributed by atoms with Crippen LogP contribution in [0.3, 0.4) is 0 Å². The van der Waals surface area contributed by atoms with E-state index in [1.54, 1.807) is 0 Å². The third kappa shape index (κ3) is 2.42. The minimum Gasteiger partial charge on any atom is -0.369 e. The first-order valence-corrected chi connectivity index (χ1v) is 7.32. The van der Waals surface area contributed by atoms with Crippen molar-refractivity contribution >= 4 is 17.0 Å². The fraction of sp³-hybridized carbons (Fsp3) is 0.333. The molecular weight excluding hydrogens is 240 g/mol. The Morgan fingerprint density at radius 2 is 2.11 bits per heavy atom. The van der Waals surface area contributed by atoms with Crippen molar-refractivity contribution in [2.75, 3.05) is 18.0 Å². The Balaban J connectivity index is 1.76. The molecule has 0 saturated carbocycles. The number of hydrogen-bond donors (Lipinski definition) is 1. The van der Waals surface area contributed by atoms with Crippen LogP contribution in [0, 0.1) is 0 Å². The number of para-hydroxylation sites is 1. The van der Waals surface area contributed by atoms with Crippen molar-refractivity contribution in [2.24, 2.45) is 5.73 Å². The van der Waals surface area contributed by atoms with E-state index in [2.05, 4.69) is 46.7 Å². The lowest BCUT2D eigenvalue weighted by molar-refractivity contribution is 0.600. The van der Waals surface area contributed by atoms with Crippen LogP contribution in [0.25, 0.3) is 0 Å². The standard InChI is InChI=1S/C15H18N2S/c16-13-10-12-4-1-2-6-15(12)17(11-13)8-7-14-5-3-9-18-14/h1-6,9,13H,7-8,10-11,16H2. The molecule has 94 valence electrons. The van der Waals surface area contributed by atoms with Gasteiger partial charge in [-0.25, -0.2) is 0 Å². The van der Waals surface area contributed by atoms with Crippen molar-refractivity contribution in [1.29, 1.82) is 0 Å². The number of thiophene rings is 1. The van der Waals surface area contributed by atoms with Crippen molar-refractivity contribution in [3.63, 3.8) is 0 Å². The minimum atomic E-state index is 0.267. The van der Waals surface area contributed by atoms with Gasteiger partial charge in [0, 0.05) is 29.7 Å². The number of hydrogen-bond acceptors (Lipinski definition) is 3. The number of fused-ring (bicyclic) bond motifs is 1. The molecule has 1 aromatic heterocycles. The monoisotopic (exact) mass is 258 g/mol. The van der Waals surface area contributed by atoms with Gasteiger partial charge in [0.25, 0.3) is 0 Å². The fourth-order valence-corrected chi connectivity index (χ4v) is 3.33. The second-order valence-electron chi connectivity index (χ2n) is 4.87. The van der Waals surface area contributed by atoms with Crippen LogP contribution in [0.4, 0.5) is 5.69 Å². The van der Waals surface area contributed by atoms with Crippen LogP contribution in [-0.4, -0.2) is 19.1 Å². The highest BCUT2D eigenvalue weighted by Crippen LogP contribution is 2.26. The highest BCUT2D eigenvalue weighted by atomic mass is 32.1. The van der Waals surface area contributed by atoms with E-state index in [1.807, 2.05) is 11.3 Å². The third-order valence-electron chi connectivity index (χ3n) is 3.48. The molecule has 0 aliphatic carbocycles. The Kier molecular flexibility index (Phi) is 3.35. The molecule has 1 atom stereocenters. The zero-order valence-electron chi connectivity index (χ0n) is 10.4. The molecule has 0 fully saturated rings. The molecule has 0 radical (unpaired) electrons. The molecule has 1 unspecified atom stereocenters. The van der Waals surface area contributed by atoms with Gasteiger partial charge < -0.3 is 10.6 Å². The second-order valence-corrected chi connectivity index (χ2v) is 5.90. The molecule has 2 N–H and O–H groups in total. The molecule has 0 amide bonds. The lowest BCUT2D eigenvalue weighted by atomic mass is 9.98. The van der Waals surface area contributed by atoms with Gasteiger partial charge in [-0.05, 0) is 35.9 Å². The maximum atomic E-state index is 6.15. The van der Waals surface area contributed by atoms with Crippen LogP contribution in [0.5, 0.6) is 0 Å². The number of rotatable bonds is 3. The highest BCUT2D eigenvalue weighted by Gasteiger charge is 2.21. The maximum absolute atomic E-state index is 6.15. The quantitative estimate of drug-likeness (QED) is 0.917. The van der Waals surface area contributed by atoms with Gasteiger partial charge in [-0.2, -0.15) is 0 Å². The lowest BCUT2D eigenvalue weighted by Gasteiger charge is -2.34. The second kappa shape index (κ2) is 5.12. The Morgan fingerprint density at radius 1 is 1.22 bits per heavy atom. The topological polar surface area (TPSA) is 29.3 Å². The molecule has 18 heavy (non-hydrogen) atoms. The summed E-state index contributed by atoms with van der Waals surface area (Å²) in [4.78, 5) is 3.88. The first kappa shape index (κ1) is 11.8. The maximum Gasteiger partial charge on any atom is 0.0400 e. The van der Waals surface area contributed by atoms with Gasteiger partial charge >= 0.3 is 0 Å². The summed E-state index contributed by atoms with van der Waals surface area (Å²) in [7, 11) is 0. The van der Waals surface area contributed by atoms with Gasteiger partial charge in [0.05, 0.1) is 0 Å². The van der Waals surface area contributed by atoms with E-state index in [9.17, 15) is 0 Å². The van der Waals surface area contributed by atoms with E-state index in [0.717, 1.165) is 25.9 Å². The van der Waals surface area contributed by atoms with E-state index >= 15 is 0 Å². The number of anilines is 1. The zero-order valence-corrected chi connectivity index (χ0v) is 11.2. The first-order chi connectivity index (χ1) is 8.83. The Morgan fingerprint density at radius 3 is 2.94 bits per heavy atom. The van der Waals surface area contributed by atoms with E-state index in [1.165, 1.54) is 16.1 Å². The number of benzene rings is 1. The molecule has 0 bridgehead atoms. The number of nitrogens with two attached hydrogens (primary N) is 1. The van der Waals surface area contributed by atoms with E-state index in [4.69, 9.17) is 5.73 Å². The van der Waals surface area contributed by atoms with Crippen LogP contribution in [0.1, 0.15) is 10.4 Å². The minimum absolute atomic E-state index is 0.267. The molecule has 1 aliphatic heterocycles. The molecule has 3 rings (SSSR count). The van der Waals surface area contributed by atoms with E-state index in [-0.39, 0.29) is 6.04 Å². The number of nitrogens with zero attached hydrogens (tertiary/aromatic N) is 1. The molecule has 1 aliphatic rings. The summed E-state index contributed by atoms with van der Waals surface area (Å²) in [5.41, 5.74) is 8.91. The molecule has 2 nitrogen and oxygen atoms in total. The van der Waals surface area contributed by atoms with Crippen LogP contribution in [0.15, 0.2) is 41.8 Å². The molecule has 2 heterocycles. The van der Waals surface area contributed by atoms with Gasteiger partial charge in [-0.3, -0.25) is 0 Å². The summed E-state index contributed by atoms with van der Waals surface area (Å²) < 4.78 is 0. The molecule has 3 heteroatoms. The SMILES string of the molecule is NC1Cc2ccccc2N(CCc2cccs2)C1. The summed E-state index contributed by atoms with van der Waals surface area (Å²) >= 11 is 1.84. The third-order valence-corrected chi connectivity index (χ3v) is 4.41. The molecule has 1 aromatic carbocycles. The van der Waals surface area contributed by atoms with E-state index < -0.39 is 0 Å². The Bertz CT molecular complexity index is 507. The summed E-state index contributed by atoms with van der Waals surface area (Å²) in [6.45, 7) is 2.04. The molecule has 0 spiro atoms. The summed E-state index contributed by atoms with van der Waals surface area (Å²) in [5, 5.41) is 2.14. The summed E-state index contributed by atoms with van der Waals surface area (Å²) in [5.74, 6) is 0. The van der Waals surface area contributed by atoms with Gasteiger partial charge in [-0.1, -0.05) is 24.3 Å². The van der Waals surface area contributed by atoms with Crippen molar-refractivity contribution < 1.29 is 0 Å². The van der Waals surface area contributed by atoms with Crippen molar-refractivity contribution in [1.82, 2.24) is 0 Å². The predicted molar refractivity (Wildman–Crippen MR) is 78.4 cm³/mol. The predicted octanol–water partition coefficient (Wildman–Crippen LogP) is 2.68. The molecular formula is C15H18N2S.